The Morgan fingerprint density at radius 2 is 1.96 bits per heavy atom. The van der Waals surface area contributed by atoms with E-state index in [1.807, 2.05) is 6.92 Å². The number of carbonyl (C=O) groups is 1. The van der Waals surface area contributed by atoms with E-state index in [1.54, 1.807) is 6.92 Å². The van der Waals surface area contributed by atoms with Gasteiger partial charge in [0.2, 0.25) is 12.3 Å². The number of hydrogen-bond acceptors (Lipinski definition) is 4. The summed E-state index contributed by atoms with van der Waals surface area (Å²) >= 11 is 0. The van der Waals surface area contributed by atoms with Gasteiger partial charge in [-0.25, -0.2) is 0 Å². The molecular formula is C16H18F3N3O2. The number of nitrogens with one attached hydrogen (secondary N) is 1. The van der Waals surface area contributed by atoms with Crippen molar-refractivity contribution in [2.75, 3.05) is 0 Å². The molecule has 1 aromatic carbocycles. The van der Waals surface area contributed by atoms with E-state index >= 15 is 0 Å². The highest BCUT2D eigenvalue weighted by atomic mass is 19.4. The topological polar surface area (TPSA) is 68.0 Å². The lowest BCUT2D eigenvalue weighted by Crippen LogP contribution is -2.34. The Morgan fingerprint density at radius 3 is 2.46 bits per heavy atom. The Hall–Kier alpha value is -2.38. The van der Waals surface area contributed by atoms with Crippen molar-refractivity contribution in [3.8, 4) is 0 Å². The summed E-state index contributed by atoms with van der Waals surface area (Å²) in [5.74, 6) is -0.182. The Morgan fingerprint density at radius 1 is 1.29 bits per heavy atom. The molecule has 0 aliphatic carbocycles. The van der Waals surface area contributed by atoms with E-state index in [2.05, 4.69) is 20.0 Å². The zero-order chi connectivity index (χ0) is 17.7. The van der Waals surface area contributed by atoms with Crippen LogP contribution in [0.5, 0.6) is 0 Å². The molecule has 0 aliphatic rings. The van der Waals surface area contributed by atoms with Crippen LogP contribution in [0.15, 0.2) is 35.2 Å². The number of amides is 1. The summed E-state index contributed by atoms with van der Waals surface area (Å²) in [6, 6.07) is 4.46. The van der Waals surface area contributed by atoms with Crippen LogP contribution in [0.1, 0.15) is 43.3 Å². The number of carbonyl (C=O) groups excluding carboxylic acids is 1. The predicted molar refractivity (Wildman–Crippen MR) is 79.8 cm³/mol. The minimum atomic E-state index is -4.36. The first-order valence-corrected chi connectivity index (χ1v) is 7.54. The van der Waals surface area contributed by atoms with Crippen LogP contribution in [0.25, 0.3) is 0 Å². The van der Waals surface area contributed by atoms with Crippen molar-refractivity contribution in [1.82, 2.24) is 15.5 Å². The van der Waals surface area contributed by atoms with Gasteiger partial charge in [-0.05, 0) is 37.5 Å². The summed E-state index contributed by atoms with van der Waals surface area (Å²) in [7, 11) is 0. The second kappa shape index (κ2) is 7.46. The minimum absolute atomic E-state index is 0.199. The molecular weight excluding hydrogens is 323 g/mol. The zero-order valence-electron chi connectivity index (χ0n) is 13.3. The first-order valence-electron chi connectivity index (χ1n) is 7.54. The van der Waals surface area contributed by atoms with Crippen LogP contribution >= 0.6 is 0 Å². The molecule has 0 bridgehead atoms. The normalized spacial score (nSPS) is 14.2. The number of halogens is 3. The fraction of sp³-hybridized carbons (Fsp3) is 0.438. The average Bonchev–Trinajstić information content (AvgIpc) is 3.06. The Bertz CT molecular complexity index is 654. The van der Waals surface area contributed by atoms with Gasteiger partial charge in [-0.2, -0.15) is 18.2 Å². The van der Waals surface area contributed by atoms with E-state index in [4.69, 9.17) is 0 Å². The summed E-state index contributed by atoms with van der Waals surface area (Å²) in [6.45, 7) is 3.58. The van der Waals surface area contributed by atoms with Crippen LogP contribution in [0.4, 0.5) is 13.2 Å². The highest BCUT2D eigenvalue weighted by molar-refractivity contribution is 5.79. The van der Waals surface area contributed by atoms with Gasteiger partial charge in [-0.3, -0.25) is 4.79 Å². The van der Waals surface area contributed by atoms with Gasteiger partial charge in [0.05, 0.1) is 11.6 Å². The number of hydrogen-bond donors (Lipinski definition) is 1. The SMILES string of the molecule is CC[C@H](Cc1ccc(C(F)(F)F)cc1)C(=O)N[C@H](C)c1ncon1. The van der Waals surface area contributed by atoms with Gasteiger partial charge in [0, 0.05) is 5.92 Å². The molecule has 0 aliphatic heterocycles. The molecule has 130 valence electrons. The highest BCUT2D eigenvalue weighted by Gasteiger charge is 2.30. The lowest BCUT2D eigenvalue weighted by Gasteiger charge is -2.18. The summed E-state index contributed by atoms with van der Waals surface area (Å²) < 4.78 is 42.3. The lowest BCUT2D eigenvalue weighted by atomic mass is 9.95. The largest absolute Gasteiger partial charge is 0.416 e. The van der Waals surface area contributed by atoms with Gasteiger partial charge in [0.1, 0.15) is 0 Å². The van der Waals surface area contributed by atoms with Crippen molar-refractivity contribution in [3.63, 3.8) is 0 Å². The molecule has 0 saturated heterocycles. The lowest BCUT2D eigenvalue weighted by molar-refractivity contribution is -0.137. The minimum Gasteiger partial charge on any atom is -0.346 e. The standard InChI is InChI=1S/C16H18F3N3O2/c1-3-12(15(23)21-10(2)14-20-9-24-22-14)8-11-4-6-13(7-5-11)16(17,18)19/h4-7,9-10,12H,3,8H2,1-2H3,(H,21,23)/t10-,12-/m1/s1. The van der Waals surface area contributed by atoms with Crippen molar-refractivity contribution in [2.24, 2.45) is 5.92 Å². The van der Waals surface area contributed by atoms with E-state index in [0.29, 0.717) is 24.2 Å². The quantitative estimate of drug-likeness (QED) is 0.873. The summed E-state index contributed by atoms with van der Waals surface area (Å²) in [4.78, 5) is 16.2. The van der Waals surface area contributed by atoms with E-state index < -0.39 is 17.8 Å². The van der Waals surface area contributed by atoms with Crippen LogP contribution in [-0.4, -0.2) is 16.0 Å². The maximum absolute atomic E-state index is 12.6. The van der Waals surface area contributed by atoms with Crippen LogP contribution in [0.3, 0.4) is 0 Å². The fourth-order valence-electron chi connectivity index (χ4n) is 2.30. The van der Waals surface area contributed by atoms with Crippen LogP contribution in [-0.2, 0) is 17.4 Å². The Labute approximate surface area is 137 Å². The van der Waals surface area contributed by atoms with Gasteiger partial charge in [0.25, 0.3) is 0 Å². The maximum Gasteiger partial charge on any atom is 0.416 e. The Kier molecular flexibility index (Phi) is 5.58. The van der Waals surface area contributed by atoms with E-state index in [0.717, 1.165) is 12.1 Å². The van der Waals surface area contributed by atoms with Crippen molar-refractivity contribution >= 4 is 5.91 Å². The Balaban J connectivity index is 1.99. The van der Waals surface area contributed by atoms with Crippen LogP contribution < -0.4 is 5.32 Å². The monoisotopic (exact) mass is 341 g/mol. The molecule has 8 heteroatoms. The third-order valence-corrected chi connectivity index (χ3v) is 3.75. The number of alkyl halides is 3. The van der Waals surface area contributed by atoms with Crippen molar-refractivity contribution in [1.29, 1.82) is 0 Å². The third-order valence-electron chi connectivity index (χ3n) is 3.75. The van der Waals surface area contributed by atoms with Crippen LogP contribution in [0, 0.1) is 5.92 Å². The number of benzene rings is 1. The number of nitrogens with zero attached hydrogens (tertiary/aromatic N) is 2. The summed E-state index contributed by atoms with van der Waals surface area (Å²) in [6.07, 6.45) is -2.26. The van der Waals surface area contributed by atoms with Gasteiger partial charge in [-0.15, -0.1) is 0 Å². The number of aromatic nitrogens is 2. The van der Waals surface area contributed by atoms with Gasteiger partial charge in [-0.1, -0.05) is 24.2 Å². The smallest absolute Gasteiger partial charge is 0.346 e. The summed E-state index contributed by atoms with van der Waals surface area (Å²) in [5, 5.41) is 6.45. The molecule has 1 amide bonds. The zero-order valence-corrected chi connectivity index (χ0v) is 13.3. The van der Waals surface area contributed by atoms with Crippen molar-refractivity contribution < 1.29 is 22.5 Å². The second-order valence-electron chi connectivity index (χ2n) is 5.52. The highest BCUT2D eigenvalue weighted by Crippen LogP contribution is 2.29. The molecule has 1 heterocycles. The van der Waals surface area contributed by atoms with E-state index in [-0.39, 0.29) is 11.8 Å². The molecule has 0 unspecified atom stereocenters. The van der Waals surface area contributed by atoms with Gasteiger partial charge < -0.3 is 9.84 Å². The molecule has 5 nitrogen and oxygen atoms in total. The molecule has 2 rings (SSSR count). The molecule has 0 fully saturated rings. The second-order valence-corrected chi connectivity index (χ2v) is 5.52. The van der Waals surface area contributed by atoms with E-state index in [9.17, 15) is 18.0 Å². The molecule has 0 saturated carbocycles. The molecule has 0 radical (unpaired) electrons. The molecule has 0 spiro atoms. The van der Waals surface area contributed by atoms with Crippen molar-refractivity contribution in [2.45, 2.75) is 38.9 Å². The first kappa shape index (κ1) is 18.0. The molecule has 1 aromatic heterocycles. The van der Waals surface area contributed by atoms with E-state index in [1.165, 1.54) is 18.5 Å². The molecule has 2 atom stereocenters. The molecule has 2 aromatic rings. The average molecular weight is 341 g/mol. The maximum atomic E-state index is 12.6. The fourth-order valence-corrected chi connectivity index (χ4v) is 2.30. The van der Waals surface area contributed by atoms with Gasteiger partial charge in [0.15, 0.2) is 5.82 Å². The third kappa shape index (κ3) is 4.56. The number of rotatable bonds is 6. The summed E-state index contributed by atoms with van der Waals surface area (Å²) in [5.41, 5.74) is -0.0216. The van der Waals surface area contributed by atoms with Gasteiger partial charge >= 0.3 is 6.18 Å². The van der Waals surface area contributed by atoms with Crippen molar-refractivity contribution in [3.05, 3.63) is 47.6 Å². The first-order chi connectivity index (χ1) is 11.3. The molecule has 24 heavy (non-hydrogen) atoms. The molecule has 1 N–H and O–H groups in total. The van der Waals surface area contributed by atoms with Crippen LogP contribution in [0.2, 0.25) is 0 Å². The predicted octanol–water partition coefficient (Wildman–Crippen LogP) is 3.53.